The molecule has 1 aliphatic carbocycles. The van der Waals surface area contributed by atoms with Gasteiger partial charge in [-0.25, -0.2) is 0 Å². The van der Waals surface area contributed by atoms with Gasteiger partial charge in [0.15, 0.2) is 0 Å². The lowest BCUT2D eigenvalue weighted by atomic mass is 9.84. The molecule has 2 aliphatic rings. The molecule has 0 radical (unpaired) electrons. The molecule has 0 amide bonds. The smallest absolute Gasteiger partial charge is 0.0192 e. The minimum atomic E-state index is 0.471. The Bertz CT molecular complexity index is 290. The fraction of sp³-hybridized carbons (Fsp3) is 1.00. The van der Waals surface area contributed by atoms with E-state index in [0.717, 1.165) is 12.5 Å². The zero-order chi connectivity index (χ0) is 14.0. The van der Waals surface area contributed by atoms with Crippen LogP contribution in [0.4, 0.5) is 0 Å². The van der Waals surface area contributed by atoms with Crippen molar-refractivity contribution in [2.45, 2.75) is 52.6 Å². The highest BCUT2D eigenvalue weighted by Gasteiger charge is 2.42. The first-order valence-electron chi connectivity index (χ1n) is 8.10. The summed E-state index contributed by atoms with van der Waals surface area (Å²) in [6.45, 7) is 15.6. The molecule has 1 saturated heterocycles. The summed E-state index contributed by atoms with van der Waals surface area (Å²) < 4.78 is 0. The number of nitrogens with one attached hydrogen (secondary N) is 1. The third-order valence-corrected chi connectivity index (χ3v) is 5.43. The highest BCUT2D eigenvalue weighted by atomic mass is 15.3. The van der Waals surface area contributed by atoms with E-state index in [0.29, 0.717) is 17.5 Å². The minimum Gasteiger partial charge on any atom is -0.313 e. The molecule has 3 unspecified atom stereocenters. The molecule has 1 N–H and O–H groups in total. The molecule has 3 heteroatoms. The van der Waals surface area contributed by atoms with Crippen LogP contribution in [0.25, 0.3) is 0 Å². The van der Waals surface area contributed by atoms with Gasteiger partial charge in [0.05, 0.1) is 0 Å². The average molecular weight is 267 g/mol. The molecular formula is C16H33N3. The summed E-state index contributed by atoms with van der Waals surface area (Å²) in [5, 5.41) is 3.76. The molecule has 3 atom stereocenters. The number of rotatable bonds is 4. The highest BCUT2D eigenvalue weighted by Crippen LogP contribution is 2.41. The molecule has 1 aliphatic heterocycles. The van der Waals surface area contributed by atoms with E-state index in [1.807, 2.05) is 0 Å². The van der Waals surface area contributed by atoms with Crippen LogP contribution in [0.3, 0.4) is 0 Å². The van der Waals surface area contributed by atoms with Gasteiger partial charge in [0, 0.05) is 38.3 Å². The van der Waals surface area contributed by atoms with E-state index >= 15 is 0 Å². The summed E-state index contributed by atoms with van der Waals surface area (Å²) in [5.74, 6) is 0.838. The quantitative estimate of drug-likeness (QED) is 0.841. The van der Waals surface area contributed by atoms with Crippen LogP contribution in [0.2, 0.25) is 0 Å². The second kappa shape index (κ2) is 6.11. The predicted molar refractivity (Wildman–Crippen MR) is 82.5 cm³/mol. The Morgan fingerprint density at radius 1 is 1.26 bits per heavy atom. The molecular weight excluding hydrogens is 234 g/mol. The molecule has 2 rings (SSSR count). The second-order valence-electron chi connectivity index (χ2n) is 7.41. The maximum Gasteiger partial charge on any atom is 0.0192 e. The summed E-state index contributed by atoms with van der Waals surface area (Å²) in [4.78, 5) is 5.18. The van der Waals surface area contributed by atoms with Gasteiger partial charge in [-0.05, 0) is 44.7 Å². The van der Waals surface area contributed by atoms with Crippen LogP contribution in [0, 0.1) is 11.3 Å². The third-order valence-electron chi connectivity index (χ3n) is 5.43. The molecule has 3 nitrogen and oxygen atoms in total. The van der Waals surface area contributed by atoms with Crippen molar-refractivity contribution in [1.82, 2.24) is 15.1 Å². The summed E-state index contributed by atoms with van der Waals surface area (Å²) in [5.41, 5.74) is 0.471. The van der Waals surface area contributed by atoms with Crippen molar-refractivity contribution >= 4 is 0 Å². The van der Waals surface area contributed by atoms with Gasteiger partial charge in [-0.1, -0.05) is 20.8 Å². The molecule has 2 fully saturated rings. The van der Waals surface area contributed by atoms with Crippen LogP contribution < -0.4 is 5.32 Å². The summed E-state index contributed by atoms with van der Waals surface area (Å²) in [6, 6.07) is 1.41. The van der Waals surface area contributed by atoms with Gasteiger partial charge < -0.3 is 15.1 Å². The molecule has 1 heterocycles. The summed E-state index contributed by atoms with van der Waals surface area (Å²) >= 11 is 0. The van der Waals surface area contributed by atoms with Crippen molar-refractivity contribution in [3.63, 3.8) is 0 Å². The van der Waals surface area contributed by atoms with Gasteiger partial charge in [0.25, 0.3) is 0 Å². The number of hydrogen-bond donors (Lipinski definition) is 1. The van der Waals surface area contributed by atoms with Crippen molar-refractivity contribution in [3.05, 3.63) is 0 Å². The first kappa shape index (κ1) is 15.3. The molecule has 0 aromatic carbocycles. The van der Waals surface area contributed by atoms with Gasteiger partial charge in [-0.15, -0.1) is 0 Å². The van der Waals surface area contributed by atoms with E-state index < -0.39 is 0 Å². The van der Waals surface area contributed by atoms with E-state index in [9.17, 15) is 0 Å². The Hall–Kier alpha value is -0.120. The number of hydrogen-bond acceptors (Lipinski definition) is 3. The third kappa shape index (κ3) is 3.50. The summed E-state index contributed by atoms with van der Waals surface area (Å²) in [7, 11) is 2.25. The van der Waals surface area contributed by atoms with E-state index in [2.05, 4.69) is 49.9 Å². The molecule has 0 bridgehead atoms. The molecule has 1 saturated carbocycles. The van der Waals surface area contributed by atoms with E-state index in [4.69, 9.17) is 0 Å². The van der Waals surface area contributed by atoms with Crippen LogP contribution in [-0.4, -0.2) is 61.7 Å². The molecule has 0 spiro atoms. The minimum absolute atomic E-state index is 0.471. The second-order valence-corrected chi connectivity index (χ2v) is 7.41. The van der Waals surface area contributed by atoms with Gasteiger partial charge in [-0.3, -0.25) is 0 Å². The zero-order valence-corrected chi connectivity index (χ0v) is 13.6. The monoisotopic (exact) mass is 267 g/mol. The van der Waals surface area contributed by atoms with Crippen LogP contribution in [0.15, 0.2) is 0 Å². The Morgan fingerprint density at radius 3 is 2.63 bits per heavy atom. The standard InChI is InChI=1S/C16H33N3/c1-6-17-15-14(7-8-16(15,3)4)12-19-10-9-18(5)13(2)11-19/h13-15,17H,6-12H2,1-5H3. The van der Waals surface area contributed by atoms with Crippen molar-refractivity contribution in [3.8, 4) is 0 Å². The molecule has 0 aromatic rings. The zero-order valence-electron chi connectivity index (χ0n) is 13.6. The predicted octanol–water partition coefficient (Wildman–Crippen LogP) is 2.04. The Kier molecular flexibility index (Phi) is 4.91. The van der Waals surface area contributed by atoms with Gasteiger partial charge >= 0.3 is 0 Å². The molecule has 112 valence electrons. The molecule has 0 aromatic heterocycles. The Labute approximate surface area is 119 Å². The first-order valence-corrected chi connectivity index (χ1v) is 8.10. The lowest BCUT2D eigenvalue weighted by molar-refractivity contribution is 0.0849. The summed E-state index contributed by atoms with van der Waals surface area (Å²) in [6.07, 6.45) is 2.77. The van der Waals surface area contributed by atoms with Crippen molar-refractivity contribution in [1.29, 1.82) is 0 Å². The Morgan fingerprint density at radius 2 is 2.00 bits per heavy atom. The van der Waals surface area contributed by atoms with Crippen LogP contribution >= 0.6 is 0 Å². The fourth-order valence-electron chi connectivity index (χ4n) is 4.00. The number of piperazine rings is 1. The average Bonchev–Trinajstić information content (AvgIpc) is 2.62. The number of nitrogens with zero attached hydrogens (tertiary/aromatic N) is 2. The normalized spacial score (nSPS) is 36.8. The van der Waals surface area contributed by atoms with E-state index in [-0.39, 0.29) is 0 Å². The number of likely N-dealkylation sites (N-methyl/N-ethyl adjacent to an activating group) is 1. The van der Waals surface area contributed by atoms with Gasteiger partial charge in [0.1, 0.15) is 0 Å². The maximum absolute atomic E-state index is 3.76. The highest BCUT2D eigenvalue weighted by molar-refractivity contribution is 4.97. The largest absolute Gasteiger partial charge is 0.313 e. The molecule has 19 heavy (non-hydrogen) atoms. The lowest BCUT2D eigenvalue weighted by Crippen LogP contribution is -2.53. The van der Waals surface area contributed by atoms with Crippen LogP contribution in [-0.2, 0) is 0 Å². The van der Waals surface area contributed by atoms with Crippen molar-refractivity contribution < 1.29 is 0 Å². The van der Waals surface area contributed by atoms with E-state index in [1.165, 1.54) is 39.0 Å². The fourth-order valence-corrected chi connectivity index (χ4v) is 4.00. The van der Waals surface area contributed by atoms with Crippen LogP contribution in [0.5, 0.6) is 0 Å². The van der Waals surface area contributed by atoms with E-state index in [1.54, 1.807) is 0 Å². The first-order chi connectivity index (χ1) is 8.94. The SMILES string of the molecule is CCNC1C(CN2CCN(C)C(C)C2)CCC1(C)C. The van der Waals surface area contributed by atoms with Gasteiger partial charge in [0.2, 0.25) is 0 Å². The Balaban J connectivity index is 1.91. The lowest BCUT2D eigenvalue weighted by Gasteiger charge is -2.40. The van der Waals surface area contributed by atoms with Gasteiger partial charge in [-0.2, -0.15) is 0 Å². The van der Waals surface area contributed by atoms with Crippen molar-refractivity contribution in [2.24, 2.45) is 11.3 Å². The maximum atomic E-state index is 3.76. The topological polar surface area (TPSA) is 18.5 Å². The van der Waals surface area contributed by atoms with Crippen molar-refractivity contribution in [2.75, 3.05) is 39.8 Å². The van der Waals surface area contributed by atoms with Crippen LogP contribution in [0.1, 0.15) is 40.5 Å².